The van der Waals surface area contributed by atoms with Crippen molar-refractivity contribution in [1.29, 1.82) is 0 Å². The Kier molecular flexibility index (Phi) is 6.33. The molecule has 0 saturated carbocycles. The van der Waals surface area contributed by atoms with Crippen LogP contribution in [0, 0.1) is 0 Å². The van der Waals surface area contributed by atoms with Gasteiger partial charge in [-0.2, -0.15) is 4.31 Å². The predicted octanol–water partition coefficient (Wildman–Crippen LogP) is 1.80. The van der Waals surface area contributed by atoms with Gasteiger partial charge >= 0.3 is 5.97 Å². The summed E-state index contributed by atoms with van der Waals surface area (Å²) in [7, 11) is -0.781. The fourth-order valence-electron chi connectivity index (χ4n) is 3.83. The Balaban J connectivity index is 1.99. The van der Waals surface area contributed by atoms with Crippen molar-refractivity contribution in [3.63, 3.8) is 0 Å². The van der Waals surface area contributed by atoms with Crippen LogP contribution in [0.4, 0.5) is 0 Å². The maximum atomic E-state index is 13.4. The molecule has 1 aromatic carbocycles. The van der Waals surface area contributed by atoms with Crippen LogP contribution in [0.2, 0.25) is 0 Å². The first kappa shape index (κ1) is 22.0. The summed E-state index contributed by atoms with van der Waals surface area (Å²) in [5.74, 6) is -0.911. The van der Waals surface area contributed by atoms with Crippen LogP contribution in [0.3, 0.4) is 0 Å². The SMILES string of the molecule is CCN(CC)S(=O)(=O)c1cc(C(=O)N2Cc3ccccc3C[C@H]2C(=O)OC)n(C)c1. The Morgan fingerprint density at radius 1 is 1.17 bits per heavy atom. The summed E-state index contributed by atoms with van der Waals surface area (Å²) in [4.78, 5) is 27.3. The van der Waals surface area contributed by atoms with E-state index in [1.54, 1.807) is 20.9 Å². The summed E-state index contributed by atoms with van der Waals surface area (Å²) in [5.41, 5.74) is 2.15. The van der Waals surface area contributed by atoms with E-state index < -0.39 is 27.9 Å². The number of aryl methyl sites for hydroxylation is 1. The molecular weight excluding hydrogens is 406 g/mol. The van der Waals surface area contributed by atoms with Crippen molar-refractivity contribution in [3.8, 4) is 0 Å². The lowest BCUT2D eigenvalue weighted by atomic mass is 9.93. The molecule has 0 N–H and O–H groups in total. The molecule has 2 heterocycles. The topological polar surface area (TPSA) is 88.9 Å². The van der Waals surface area contributed by atoms with Gasteiger partial charge in [-0.3, -0.25) is 4.79 Å². The Bertz CT molecular complexity index is 1060. The lowest BCUT2D eigenvalue weighted by molar-refractivity contribution is -0.146. The van der Waals surface area contributed by atoms with E-state index >= 15 is 0 Å². The van der Waals surface area contributed by atoms with Crippen LogP contribution in [-0.4, -0.2) is 60.3 Å². The smallest absolute Gasteiger partial charge is 0.328 e. The molecule has 1 amide bonds. The van der Waals surface area contributed by atoms with Crippen LogP contribution >= 0.6 is 0 Å². The van der Waals surface area contributed by atoms with Gasteiger partial charge in [0.1, 0.15) is 16.6 Å². The largest absolute Gasteiger partial charge is 0.467 e. The molecule has 30 heavy (non-hydrogen) atoms. The fourth-order valence-corrected chi connectivity index (χ4v) is 5.36. The van der Waals surface area contributed by atoms with Crippen molar-refractivity contribution >= 4 is 21.9 Å². The summed E-state index contributed by atoms with van der Waals surface area (Å²) in [5, 5.41) is 0. The molecule has 0 spiro atoms. The van der Waals surface area contributed by atoms with Gasteiger partial charge in [0.05, 0.1) is 7.11 Å². The zero-order valence-electron chi connectivity index (χ0n) is 17.7. The number of carbonyl (C=O) groups is 2. The molecule has 0 saturated heterocycles. The van der Waals surface area contributed by atoms with Gasteiger partial charge in [0.2, 0.25) is 10.0 Å². The van der Waals surface area contributed by atoms with Crippen molar-refractivity contribution in [2.24, 2.45) is 7.05 Å². The number of rotatable bonds is 6. The number of nitrogens with zero attached hydrogens (tertiary/aromatic N) is 3. The number of aromatic nitrogens is 1. The number of hydrogen-bond donors (Lipinski definition) is 0. The minimum absolute atomic E-state index is 0.0593. The number of fused-ring (bicyclic) bond motifs is 1. The van der Waals surface area contributed by atoms with Gasteiger partial charge in [-0.25, -0.2) is 13.2 Å². The lowest BCUT2D eigenvalue weighted by Gasteiger charge is -2.35. The van der Waals surface area contributed by atoms with Crippen molar-refractivity contribution in [1.82, 2.24) is 13.8 Å². The molecule has 1 aliphatic rings. The summed E-state index contributed by atoms with van der Waals surface area (Å²) in [6.45, 7) is 4.46. The van der Waals surface area contributed by atoms with Crippen LogP contribution in [-0.2, 0) is 39.6 Å². The van der Waals surface area contributed by atoms with E-state index in [-0.39, 0.29) is 17.1 Å². The molecule has 1 aliphatic heterocycles. The molecule has 9 heteroatoms. The van der Waals surface area contributed by atoms with Gasteiger partial charge in [-0.15, -0.1) is 0 Å². The Labute approximate surface area is 177 Å². The fraction of sp³-hybridized carbons (Fsp3) is 0.429. The predicted molar refractivity (Wildman–Crippen MR) is 111 cm³/mol. The second kappa shape index (κ2) is 8.61. The molecule has 0 fully saturated rings. The quantitative estimate of drug-likeness (QED) is 0.648. The molecule has 0 bridgehead atoms. The number of hydrogen-bond acceptors (Lipinski definition) is 5. The molecule has 0 radical (unpaired) electrons. The molecule has 1 atom stereocenters. The number of methoxy groups -OCH3 is 1. The maximum Gasteiger partial charge on any atom is 0.328 e. The van der Waals surface area contributed by atoms with E-state index in [0.29, 0.717) is 19.5 Å². The van der Waals surface area contributed by atoms with E-state index in [2.05, 4.69) is 0 Å². The highest BCUT2D eigenvalue weighted by Gasteiger charge is 2.37. The van der Waals surface area contributed by atoms with E-state index in [4.69, 9.17) is 4.74 Å². The lowest BCUT2D eigenvalue weighted by Crippen LogP contribution is -2.49. The molecule has 162 valence electrons. The van der Waals surface area contributed by atoms with Gasteiger partial charge in [0, 0.05) is 39.3 Å². The monoisotopic (exact) mass is 433 g/mol. The minimum atomic E-state index is -3.70. The summed E-state index contributed by atoms with van der Waals surface area (Å²) in [6.07, 6.45) is 1.79. The zero-order valence-corrected chi connectivity index (χ0v) is 18.5. The van der Waals surface area contributed by atoms with Gasteiger partial charge in [0.15, 0.2) is 0 Å². The molecular formula is C21H27N3O5S. The van der Waals surface area contributed by atoms with Crippen molar-refractivity contribution < 1.29 is 22.7 Å². The van der Waals surface area contributed by atoms with Gasteiger partial charge in [-0.05, 0) is 17.2 Å². The second-order valence-electron chi connectivity index (χ2n) is 7.21. The maximum absolute atomic E-state index is 13.4. The molecule has 3 rings (SSSR count). The Morgan fingerprint density at radius 3 is 2.40 bits per heavy atom. The molecule has 0 aliphatic carbocycles. The summed E-state index contributed by atoms with van der Waals surface area (Å²) < 4.78 is 33.5. The van der Waals surface area contributed by atoms with Crippen LogP contribution in [0.25, 0.3) is 0 Å². The highest BCUT2D eigenvalue weighted by Crippen LogP contribution is 2.27. The Hall–Kier alpha value is -2.65. The van der Waals surface area contributed by atoms with Gasteiger partial charge < -0.3 is 14.2 Å². The molecule has 0 unspecified atom stereocenters. The van der Waals surface area contributed by atoms with Gasteiger partial charge in [0.25, 0.3) is 5.91 Å². The third kappa shape index (κ3) is 3.87. The second-order valence-corrected chi connectivity index (χ2v) is 9.14. The van der Waals surface area contributed by atoms with Crippen LogP contribution in [0.15, 0.2) is 41.4 Å². The van der Waals surface area contributed by atoms with Crippen LogP contribution in [0.5, 0.6) is 0 Å². The van der Waals surface area contributed by atoms with E-state index in [1.165, 1.54) is 33.1 Å². The first-order valence-corrected chi connectivity index (χ1v) is 11.3. The molecule has 1 aromatic heterocycles. The summed E-state index contributed by atoms with van der Waals surface area (Å²) >= 11 is 0. The standard InChI is InChI=1S/C21H27N3O5S/c1-5-23(6-2)30(27,28)17-12-18(22(3)14-17)20(25)24-13-16-10-8-7-9-15(16)11-19(24)21(26)29-4/h7-10,12,14,19H,5-6,11,13H2,1-4H3/t19-/m0/s1. The average Bonchev–Trinajstić information content (AvgIpc) is 3.14. The normalized spacial score (nSPS) is 16.4. The van der Waals surface area contributed by atoms with Crippen LogP contribution < -0.4 is 0 Å². The van der Waals surface area contributed by atoms with Gasteiger partial charge in [-0.1, -0.05) is 38.1 Å². The third-order valence-electron chi connectivity index (χ3n) is 5.52. The molecule has 8 nitrogen and oxygen atoms in total. The number of carbonyl (C=O) groups excluding carboxylic acids is 2. The van der Waals surface area contributed by atoms with Crippen molar-refractivity contribution in [2.75, 3.05) is 20.2 Å². The number of ether oxygens (including phenoxy) is 1. The zero-order chi connectivity index (χ0) is 22.1. The van der Waals surface area contributed by atoms with Crippen LogP contribution in [0.1, 0.15) is 35.5 Å². The number of sulfonamides is 1. The third-order valence-corrected chi connectivity index (χ3v) is 7.54. The van der Waals surface area contributed by atoms with Crippen molar-refractivity contribution in [3.05, 3.63) is 53.3 Å². The highest BCUT2D eigenvalue weighted by molar-refractivity contribution is 7.89. The molecule has 2 aromatic rings. The van der Waals surface area contributed by atoms with E-state index in [0.717, 1.165) is 11.1 Å². The van der Waals surface area contributed by atoms with E-state index in [9.17, 15) is 18.0 Å². The summed E-state index contributed by atoms with van der Waals surface area (Å²) in [6, 6.07) is 8.25. The number of benzene rings is 1. The highest BCUT2D eigenvalue weighted by atomic mass is 32.2. The average molecular weight is 434 g/mol. The Morgan fingerprint density at radius 2 is 1.80 bits per heavy atom. The number of esters is 1. The first-order valence-electron chi connectivity index (χ1n) is 9.86. The first-order chi connectivity index (χ1) is 14.2. The van der Waals surface area contributed by atoms with E-state index in [1.807, 2.05) is 24.3 Å². The minimum Gasteiger partial charge on any atom is -0.467 e. The number of amides is 1. The van der Waals surface area contributed by atoms with Crippen molar-refractivity contribution in [2.45, 2.75) is 37.8 Å².